The molecular weight excluding hydrogens is 162 g/mol. The number of allylic oxidation sites excluding steroid dienone is 1. The Bertz CT molecular complexity index is 263. The molecule has 3 aliphatic rings. The molecule has 2 nitrogen and oxygen atoms in total. The standard InChI is InChI=1S/C11H17NO/c12-6-11(13)9-4-7-1-2-10(11)8(3-7)5-9/h1-2,7-10,13H,3-6,12H2. The molecule has 0 aromatic carbocycles. The van der Waals surface area contributed by atoms with Crippen LogP contribution in [0.3, 0.4) is 0 Å². The molecule has 0 aromatic heterocycles. The average Bonchev–Trinajstić information content (AvgIpc) is 2.27. The van der Waals surface area contributed by atoms with Gasteiger partial charge >= 0.3 is 0 Å². The van der Waals surface area contributed by atoms with Gasteiger partial charge < -0.3 is 10.8 Å². The largest absolute Gasteiger partial charge is 0.388 e. The minimum atomic E-state index is -0.563. The van der Waals surface area contributed by atoms with Gasteiger partial charge in [0.2, 0.25) is 0 Å². The van der Waals surface area contributed by atoms with E-state index in [1.165, 1.54) is 12.8 Å². The summed E-state index contributed by atoms with van der Waals surface area (Å²) in [7, 11) is 0. The van der Waals surface area contributed by atoms with Crippen molar-refractivity contribution in [1.29, 1.82) is 0 Å². The lowest BCUT2D eigenvalue weighted by molar-refractivity contribution is -0.0144. The maximum Gasteiger partial charge on any atom is 0.0862 e. The van der Waals surface area contributed by atoms with Crippen molar-refractivity contribution in [2.75, 3.05) is 6.54 Å². The Labute approximate surface area is 78.8 Å². The van der Waals surface area contributed by atoms with Crippen molar-refractivity contribution in [3.8, 4) is 0 Å². The third-order valence-electron chi connectivity index (χ3n) is 4.49. The van der Waals surface area contributed by atoms with Crippen LogP contribution in [0.5, 0.6) is 0 Å². The number of aliphatic hydroxyl groups is 1. The molecule has 13 heavy (non-hydrogen) atoms. The van der Waals surface area contributed by atoms with E-state index in [0.29, 0.717) is 18.4 Å². The van der Waals surface area contributed by atoms with Crippen LogP contribution in [0.4, 0.5) is 0 Å². The molecule has 0 saturated heterocycles. The van der Waals surface area contributed by atoms with Crippen molar-refractivity contribution in [2.24, 2.45) is 29.4 Å². The van der Waals surface area contributed by atoms with E-state index in [4.69, 9.17) is 5.73 Å². The second-order valence-corrected chi connectivity index (χ2v) is 5.03. The van der Waals surface area contributed by atoms with Gasteiger partial charge in [-0.2, -0.15) is 0 Å². The Kier molecular flexibility index (Phi) is 1.46. The van der Waals surface area contributed by atoms with Crippen molar-refractivity contribution in [1.82, 2.24) is 0 Å². The van der Waals surface area contributed by atoms with Gasteiger partial charge in [0.05, 0.1) is 5.60 Å². The topological polar surface area (TPSA) is 46.2 Å². The smallest absolute Gasteiger partial charge is 0.0862 e. The van der Waals surface area contributed by atoms with Gasteiger partial charge in [0.1, 0.15) is 0 Å². The summed E-state index contributed by atoms with van der Waals surface area (Å²) in [6.45, 7) is 0.440. The first-order valence-corrected chi connectivity index (χ1v) is 5.35. The highest BCUT2D eigenvalue weighted by molar-refractivity contribution is 5.19. The van der Waals surface area contributed by atoms with Crippen LogP contribution >= 0.6 is 0 Å². The van der Waals surface area contributed by atoms with E-state index < -0.39 is 5.60 Å². The van der Waals surface area contributed by atoms with Crippen LogP contribution in [-0.4, -0.2) is 17.3 Å². The normalized spacial score (nSPS) is 57.4. The summed E-state index contributed by atoms with van der Waals surface area (Å²) in [6.07, 6.45) is 8.20. The molecule has 5 atom stereocenters. The summed E-state index contributed by atoms with van der Waals surface area (Å²) < 4.78 is 0. The molecule has 72 valence electrons. The van der Waals surface area contributed by atoms with Crippen LogP contribution in [0, 0.1) is 23.7 Å². The molecular formula is C11H17NO. The molecule has 2 fully saturated rings. The molecule has 2 saturated carbocycles. The van der Waals surface area contributed by atoms with Crippen LogP contribution < -0.4 is 5.73 Å². The minimum Gasteiger partial charge on any atom is -0.388 e. The van der Waals surface area contributed by atoms with Crippen molar-refractivity contribution >= 4 is 0 Å². The van der Waals surface area contributed by atoms with E-state index >= 15 is 0 Å². The Balaban J connectivity index is 2.05. The Morgan fingerprint density at radius 2 is 2.15 bits per heavy atom. The zero-order valence-corrected chi connectivity index (χ0v) is 7.82. The van der Waals surface area contributed by atoms with Crippen molar-refractivity contribution in [2.45, 2.75) is 24.9 Å². The lowest BCUT2D eigenvalue weighted by atomic mass is 9.76. The van der Waals surface area contributed by atoms with Crippen LogP contribution in [0.15, 0.2) is 12.2 Å². The molecule has 0 radical (unpaired) electrons. The summed E-state index contributed by atoms with van der Waals surface area (Å²) in [5.74, 6) is 2.30. The van der Waals surface area contributed by atoms with Crippen LogP contribution in [0.1, 0.15) is 19.3 Å². The van der Waals surface area contributed by atoms with Gasteiger partial charge in [-0.15, -0.1) is 0 Å². The van der Waals surface area contributed by atoms with Crippen molar-refractivity contribution in [3.63, 3.8) is 0 Å². The molecule has 0 aliphatic heterocycles. The quantitative estimate of drug-likeness (QED) is 0.588. The van der Waals surface area contributed by atoms with E-state index in [9.17, 15) is 5.11 Å². The average molecular weight is 179 g/mol. The van der Waals surface area contributed by atoms with Crippen LogP contribution in [-0.2, 0) is 0 Å². The zero-order chi connectivity index (χ0) is 9.05. The van der Waals surface area contributed by atoms with Gasteiger partial charge in [0.25, 0.3) is 0 Å². The molecule has 3 bridgehead atoms. The van der Waals surface area contributed by atoms with Gasteiger partial charge in [0, 0.05) is 12.5 Å². The first-order valence-electron chi connectivity index (χ1n) is 5.35. The third-order valence-corrected chi connectivity index (χ3v) is 4.49. The predicted molar refractivity (Wildman–Crippen MR) is 51.0 cm³/mol. The van der Waals surface area contributed by atoms with Gasteiger partial charge in [0.15, 0.2) is 0 Å². The molecule has 3 N–H and O–H groups in total. The fourth-order valence-corrected chi connectivity index (χ4v) is 3.85. The molecule has 0 aromatic rings. The molecule has 0 heterocycles. The molecule has 3 rings (SSSR count). The molecule has 5 unspecified atom stereocenters. The van der Waals surface area contributed by atoms with Gasteiger partial charge in [-0.05, 0) is 37.0 Å². The minimum absolute atomic E-state index is 0.362. The predicted octanol–water partition coefficient (Wildman–Crippen LogP) is 0.908. The highest BCUT2D eigenvalue weighted by Crippen LogP contribution is 2.56. The Hall–Kier alpha value is -0.340. The summed E-state index contributed by atoms with van der Waals surface area (Å²) in [4.78, 5) is 0. The van der Waals surface area contributed by atoms with E-state index in [1.807, 2.05) is 0 Å². The first kappa shape index (κ1) is 8.01. The van der Waals surface area contributed by atoms with Crippen LogP contribution in [0.2, 0.25) is 0 Å². The summed E-state index contributed by atoms with van der Waals surface area (Å²) in [5.41, 5.74) is 5.16. The Morgan fingerprint density at radius 3 is 2.92 bits per heavy atom. The fourth-order valence-electron chi connectivity index (χ4n) is 3.85. The van der Waals surface area contributed by atoms with E-state index in [2.05, 4.69) is 12.2 Å². The van der Waals surface area contributed by atoms with Crippen LogP contribution in [0.25, 0.3) is 0 Å². The second kappa shape index (κ2) is 2.37. The van der Waals surface area contributed by atoms with E-state index in [0.717, 1.165) is 18.3 Å². The number of fused-ring (bicyclic) bond motifs is 2. The highest BCUT2D eigenvalue weighted by Gasteiger charge is 2.56. The van der Waals surface area contributed by atoms with Gasteiger partial charge in [-0.25, -0.2) is 0 Å². The molecule has 2 heteroatoms. The number of nitrogens with two attached hydrogens (primary N) is 1. The molecule has 3 aliphatic carbocycles. The zero-order valence-electron chi connectivity index (χ0n) is 7.82. The lowest BCUT2D eigenvalue weighted by Gasteiger charge is -2.31. The van der Waals surface area contributed by atoms with E-state index in [1.54, 1.807) is 0 Å². The second-order valence-electron chi connectivity index (χ2n) is 5.03. The highest BCUT2D eigenvalue weighted by atomic mass is 16.3. The number of hydrogen-bond donors (Lipinski definition) is 2. The molecule has 0 amide bonds. The first-order chi connectivity index (χ1) is 6.24. The van der Waals surface area contributed by atoms with Crippen molar-refractivity contribution in [3.05, 3.63) is 12.2 Å². The number of hydrogen-bond acceptors (Lipinski definition) is 2. The molecule has 0 spiro atoms. The van der Waals surface area contributed by atoms with Gasteiger partial charge in [-0.1, -0.05) is 12.2 Å². The lowest BCUT2D eigenvalue weighted by Crippen LogP contribution is -2.45. The Morgan fingerprint density at radius 1 is 1.31 bits per heavy atom. The maximum atomic E-state index is 10.5. The fraction of sp³-hybridized carbons (Fsp3) is 0.818. The third kappa shape index (κ3) is 0.856. The summed E-state index contributed by atoms with van der Waals surface area (Å²) in [5, 5.41) is 10.5. The van der Waals surface area contributed by atoms with Gasteiger partial charge in [-0.3, -0.25) is 0 Å². The van der Waals surface area contributed by atoms with Crippen molar-refractivity contribution < 1.29 is 5.11 Å². The monoisotopic (exact) mass is 179 g/mol. The SMILES string of the molecule is NCC1(O)C2CC3C=CC1C(C3)C2. The summed E-state index contributed by atoms with van der Waals surface area (Å²) >= 11 is 0. The number of rotatable bonds is 1. The van der Waals surface area contributed by atoms with E-state index in [-0.39, 0.29) is 0 Å². The maximum absolute atomic E-state index is 10.5. The summed E-state index contributed by atoms with van der Waals surface area (Å²) in [6, 6.07) is 0.